The summed E-state index contributed by atoms with van der Waals surface area (Å²) in [6.45, 7) is 2.17. The molecule has 0 aromatic carbocycles. The number of esters is 2. The molecule has 0 aliphatic carbocycles. The number of nitrogens with two attached hydrogens (primary N) is 1. The maximum Gasteiger partial charge on any atom is 0.481 e. The van der Waals surface area contributed by atoms with Gasteiger partial charge in [0.05, 0.1) is 13.2 Å². The highest BCUT2D eigenvalue weighted by Crippen LogP contribution is 2.60. The van der Waals surface area contributed by atoms with Gasteiger partial charge >= 0.3 is 33.3 Å². The highest BCUT2D eigenvalue weighted by atomic mass is 31.3. The summed E-state index contributed by atoms with van der Waals surface area (Å²) in [6.07, 6.45) is 30.0. The number of hydrogen-bond donors (Lipinski definition) is 5. The van der Waals surface area contributed by atoms with E-state index in [1.165, 1.54) is 115 Å². The van der Waals surface area contributed by atoms with Gasteiger partial charge in [-0.1, -0.05) is 167 Å². The molecule has 0 saturated carbocycles. The number of carbonyl (C=O) groups is 2. The van der Waals surface area contributed by atoms with Crippen molar-refractivity contribution >= 4 is 33.4 Å². The monoisotopic (exact) mass is 1010 g/mol. The molecule has 1 saturated heterocycles. The minimum atomic E-state index is -5.42. The van der Waals surface area contributed by atoms with E-state index in [-0.39, 0.29) is 18.7 Å². The van der Waals surface area contributed by atoms with Crippen LogP contribution < -0.4 is 11.4 Å². The Morgan fingerprint density at radius 3 is 1.65 bits per heavy atom. The molecule has 2 heterocycles. The van der Waals surface area contributed by atoms with Crippen LogP contribution in [0.2, 0.25) is 0 Å². The number of unbranched alkanes of at least 4 members (excludes halogenated alkanes) is 25. The first kappa shape index (κ1) is 61.6. The summed E-state index contributed by atoms with van der Waals surface area (Å²) in [5.74, 6) is -1.29. The maximum absolute atomic E-state index is 12.9. The Morgan fingerprint density at radius 2 is 1.15 bits per heavy atom. The largest absolute Gasteiger partial charge is 0.481 e. The van der Waals surface area contributed by atoms with Crippen LogP contribution >= 0.6 is 15.6 Å². The second-order valence-corrected chi connectivity index (χ2v) is 21.1. The van der Waals surface area contributed by atoms with E-state index < -0.39 is 83.7 Å². The summed E-state index contributed by atoms with van der Waals surface area (Å²) < 4.78 is 56.8. The van der Waals surface area contributed by atoms with Gasteiger partial charge in [-0.3, -0.25) is 23.2 Å². The molecule has 1 aliphatic rings. The number of nitrogen functional groups attached to an aromatic ring is 1. The standard InChI is InChI=1S/C48H87N3O15P2/c1-3-5-7-9-11-13-15-17-19-21-23-25-27-29-31-33-43(52)61-37-40(64-44(53)34-32-30-28-26-24-22-20-18-16-14-12-10-8-6-4-2)38-62-67(57,58)66-68(59,60)63-39-41-45(54)46(55)47(65-41)51-36-35-42(49)50-48(51)56/h17,19,35-36,40-41,45-47,54-55H,3-16,18,20-34,37-39H2,1-2H3,(H,57,58)(H,59,60)(H2,49,50,56)/b19-17-/t40-,41-,45+,46?,47-/m1/s1. The third-order valence-electron chi connectivity index (χ3n) is 11.9. The molecular weight excluding hydrogens is 920 g/mol. The van der Waals surface area contributed by atoms with Gasteiger partial charge in [0.25, 0.3) is 0 Å². The number of aliphatic hydroxyl groups excluding tert-OH is 2. The number of phosphoric acid groups is 2. The summed E-state index contributed by atoms with van der Waals surface area (Å²) in [5, 5.41) is 20.9. The van der Waals surface area contributed by atoms with Gasteiger partial charge in [-0.05, 0) is 44.6 Å². The molecule has 7 atom stereocenters. The van der Waals surface area contributed by atoms with Crippen molar-refractivity contribution in [2.75, 3.05) is 25.6 Å². The van der Waals surface area contributed by atoms with E-state index in [0.717, 1.165) is 68.8 Å². The van der Waals surface area contributed by atoms with E-state index in [4.69, 9.17) is 29.0 Å². The average Bonchev–Trinajstić information content (AvgIpc) is 3.57. The Balaban J connectivity index is 1.80. The van der Waals surface area contributed by atoms with Gasteiger partial charge in [0, 0.05) is 19.0 Å². The lowest BCUT2D eigenvalue weighted by Gasteiger charge is -2.21. The van der Waals surface area contributed by atoms with Crippen molar-refractivity contribution in [2.24, 2.45) is 0 Å². The average molecular weight is 1010 g/mol. The SMILES string of the molecule is CCCCCCCC/C=C\CCCCCCCC(=O)OC[C@H](COP(=O)(O)OP(=O)(O)OC[C@H]1O[C@@H](n2ccc(N)nc2=O)C(O)[C@H]1O)OC(=O)CCCCCCCCCCCCCCCCC. The molecule has 3 unspecified atom stereocenters. The molecule has 18 nitrogen and oxygen atoms in total. The Hall–Kier alpha value is -2.50. The second-order valence-electron chi connectivity index (χ2n) is 18.0. The predicted octanol–water partition coefficient (Wildman–Crippen LogP) is 10.4. The fourth-order valence-electron chi connectivity index (χ4n) is 7.84. The minimum Gasteiger partial charge on any atom is -0.462 e. The number of ether oxygens (including phenoxy) is 3. The lowest BCUT2D eigenvalue weighted by Crippen LogP contribution is -2.36. The lowest BCUT2D eigenvalue weighted by atomic mass is 10.0. The molecule has 0 amide bonds. The van der Waals surface area contributed by atoms with E-state index in [0.29, 0.717) is 12.8 Å². The van der Waals surface area contributed by atoms with E-state index >= 15 is 0 Å². The van der Waals surface area contributed by atoms with Crippen LogP contribution in [0, 0.1) is 0 Å². The predicted molar refractivity (Wildman–Crippen MR) is 261 cm³/mol. The quantitative estimate of drug-likeness (QED) is 0.0176. The number of aliphatic hydroxyl groups is 2. The third kappa shape index (κ3) is 29.6. The van der Waals surface area contributed by atoms with Crippen LogP contribution in [-0.4, -0.2) is 85.7 Å². The molecule has 394 valence electrons. The highest BCUT2D eigenvalue weighted by molar-refractivity contribution is 7.61. The topological polar surface area (TPSA) is 265 Å². The summed E-state index contributed by atoms with van der Waals surface area (Å²) in [7, 11) is -10.8. The maximum atomic E-state index is 12.9. The van der Waals surface area contributed by atoms with Crippen molar-refractivity contribution in [3.8, 4) is 0 Å². The molecule has 0 radical (unpaired) electrons. The molecule has 1 fully saturated rings. The van der Waals surface area contributed by atoms with Crippen LogP contribution in [0.3, 0.4) is 0 Å². The van der Waals surface area contributed by atoms with Gasteiger partial charge in [-0.15, -0.1) is 0 Å². The van der Waals surface area contributed by atoms with Crippen LogP contribution in [0.1, 0.15) is 213 Å². The van der Waals surface area contributed by atoms with Crippen LogP contribution in [-0.2, 0) is 46.3 Å². The molecule has 0 bridgehead atoms. The summed E-state index contributed by atoms with van der Waals surface area (Å²) in [6, 6.07) is 1.25. The van der Waals surface area contributed by atoms with Crippen LogP contribution in [0.4, 0.5) is 5.82 Å². The molecule has 20 heteroatoms. The van der Waals surface area contributed by atoms with Gasteiger partial charge in [-0.25, -0.2) is 13.9 Å². The van der Waals surface area contributed by atoms with Gasteiger partial charge in [-0.2, -0.15) is 9.29 Å². The molecule has 2 rings (SSSR count). The van der Waals surface area contributed by atoms with E-state index in [1.807, 2.05) is 0 Å². The van der Waals surface area contributed by atoms with E-state index in [9.17, 15) is 43.5 Å². The second kappa shape index (κ2) is 37.3. The number of phosphoric ester groups is 2. The Morgan fingerprint density at radius 1 is 0.691 bits per heavy atom. The third-order valence-corrected chi connectivity index (χ3v) is 14.5. The van der Waals surface area contributed by atoms with Gasteiger partial charge < -0.3 is 39.9 Å². The van der Waals surface area contributed by atoms with Crippen molar-refractivity contribution < 1.29 is 66.3 Å². The van der Waals surface area contributed by atoms with Gasteiger partial charge in [0.1, 0.15) is 30.7 Å². The van der Waals surface area contributed by atoms with Crippen molar-refractivity contribution in [1.82, 2.24) is 9.55 Å². The molecule has 0 spiro atoms. The first-order valence-corrected chi connectivity index (χ1v) is 28.7. The molecular formula is C48H87N3O15P2. The summed E-state index contributed by atoms with van der Waals surface area (Å²) >= 11 is 0. The number of aromatic nitrogens is 2. The Kier molecular flexibility index (Phi) is 33.8. The zero-order valence-corrected chi connectivity index (χ0v) is 43.0. The van der Waals surface area contributed by atoms with Gasteiger partial charge in [0.2, 0.25) is 0 Å². The number of carbonyl (C=O) groups excluding carboxylic acids is 2. The van der Waals surface area contributed by atoms with E-state index in [2.05, 4.69) is 35.3 Å². The number of anilines is 1. The molecule has 6 N–H and O–H groups in total. The number of rotatable bonds is 43. The van der Waals surface area contributed by atoms with Crippen LogP contribution in [0.15, 0.2) is 29.2 Å². The summed E-state index contributed by atoms with van der Waals surface area (Å²) in [4.78, 5) is 61.9. The zero-order valence-electron chi connectivity index (χ0n) is 41.2. The van der Waals surface area contributed by atoms with Crippen molar-refractivity contribution in [3.63, 3.8) is 0 Å². The molecule has 68 heavy (non-hydrogen) atoms. The Bertz CT molecular complexity index is 1680. The molecule has 1 aliphatic heterocycles. The Labute approximate surface area is 405 Å². The summed E-state index contributed by atoms with van der Waals surface area (Å²) in [5.41, 5.74) is 4.59. The first-order valence-electron chi connectivity index (χ1n) is 25.7. The van der Waals surface area contributed by atoms with Crippen molar-refractivity contribution in [1.29, 1.82) is 0 Å². The molecule has 1 aromatic heterocycles. The van der Waals surface area contributed by atoms with Crippen molar-refractivity contribution in [3.05, 3.63) is 34.9 Å². The normalized spacial score (nSPS) is 19.5. The lowest BCUT2D eigenvalue weighted by molar-refractivity contribution is -0.161. The number of allylic oxidation sites excluding steroid dienone is 2. The highest BCUT2D eigenvalue weighted by Gasteiger charge is 2.46. The number of nitrogens with zero attached hydrogens (tertiary/aromatic N) is 2. The van der Waals surface area contributed by atoms with Crippen LogP contribution in [0.5, 0.6) is 0 Å². The zero-order chi connectivity index (χ0) is 49.9. The van der Waals surface area contributed by atoms with Crippen molar-refractivity contribution in [2.45, 2.75) is 237 Å². The van der Waals surface area contributed by atoms with Gasteiger partial charge in [0.15, 0.2) is 12.3 Å². The number of hydrogen-bond acceptors (Lipinski definition) is 15. The fourth-order valence-corrected chi connectivity index (χ4v) is 9.95. The smallest absolute Gasteiger partial charge is 0.462 e. The fraction of sp³-hybridized carbons (Fsp3) is 0.833. The van der Waals surface area contributed by atoms with E-state index in [1.54, 1.807) is 0 Å². The minimum absolute atomic E-state index is 0.0543. The first-order chi connectivity index (χ1) is 32.7. The van der Waals surface area contributed by atoms with Crippen LogP contribution in [0.25, 0.3) is 0 Å². The molecule has 1 aromatic rings.